The van der Waals surface area contributed by atoms with Crippen LogP contribution in [0.3, 0.4) is 0 Å². The van der Waals surface area contributed by atoms with Gasteiger partial charge >= 0.3 is 0 Å². The van der Waals surface area contributed by atoms with Crippen molar-refractivity contribution in [1.82, 2.24) is 10.6 Å². The highest BCUT2D eigenvalue weighted by atomic mass is 16.3. The molecule has 72 valence electrons. The maximum atomic E-state index is 10.9. The number of carbonyl (C=O) groups is 1. The summed E-state index contributed by atoms with van der Waals surface area (Å²) in [5, 5.41) is 14.2. The second-order valence-electron chi connectivity index (χ2n) is 2.75. The Morgan fingerprint density at radius 2 is 2.25 bits per heavy atom. The van der Waals surface area contributed by atoms with Crippen LogP contribution in [0.5, 0.6) is 0 Å². The fourth-order valence-electron chi connectivity index (χ4n) is 0.822. The normalized spacial score (nSPS) is 12.6. The Balaban J connectivity index is 3.33. The maximum Gasteiger partial charge on any atom is 0.233 e. The van der Waals surface area contributed by atoms with Gasteiger partial charge in [0.1, 0.15) is 0 Å². The smallest absolute Gasteiger partial charge is 0.233 e. The fraction of sp³-hybridized carbons (Fsp3) is 0.875. The third-order valence-electron chi connectivity index (χ3n) is 1.55. The molecule has 0 radical (unpaired) electrons. The molecule has 0 aliphatic rings. The molecule has 0 aliphatic carbocycles. The van der Waals surface area contributed by atoms with E-state index >= 15 is 0 Å². The number of hydrogen-bond acceptors (Lipinski definition) is 3. The van der Waals surface area contributed by atoms with Crippen molar-refractivity contribution in [3.05, 3.63) is 0 Å². The summed E-state index contributed by atoms with van der Waals surface area (Å²) < 4.78 is 0. The van der Waals surface area contributed by atoms with Crippen molar-refractivity contribution < 1.29 is 9.90 Å². The van der Waals surface area contributed by atoms with Crippen molar-refractivity contribution >= 4 is 5.91 Å². The van der Waals surface area contributed by atoms with E-state index in [9.17, 15) is 4.79 Å². The lowest BCUT2D eigenvalue weighted by molar-refractivity contribution is -0.120. The van der Waals surface area contributed by atoms with E-state index in [-0.39, 0.29) is 18.6 Å². The molecule has 0 spiro atoms. The van der Waals surface area contributed by atoms with Crippen LogP contribution in [0, 0.1) is 0 Å². The van der Waals surface area contributed by atoms with Gasteiger partial charge < -0.3 is 15.7 Å². The monoisotopic (exact) mass is 174 g/mol. The Kier molecular flexibility index (Phi) is 6.70. The molecule has 0 aliphatic heterocycles. The van der Waals surface area contributed by atoms with Crippen LogP contribution in [0.2, 0.25) is 0 Å². The van der Waals surface area contributed by atoms with E-state index in [0.29, 0.717) is 19.5 Å². The lowest BCUT2D eigenvalue weighted by Gasteiger charge is -2.11. The molecule has 3 N–H and O–H groups in total. The molecule has 0 aromatic rings. The van der Waals surface area contributed by atoms with Crippen LogP contribution in [0.1, 0.15) is 20.3 Å². The van der Waals surface area contributed by atoms with Crippen LogP contribution in [0.15, 0.2) is 0 Å². The number of rotatable bonds is 6. The van der Waals surface area contributed by atoms with Crippen molar-refractivity contribution in [2.45, 2.75) is 26.3 Å². The van der Waals surface area contributed by atoms with Crippen LogP contribution in [0.25, 0.3) is 0 Å². The number of nitrogens with one attached hydrogen (secondary N) is 2. The molecular formula is C8H18N2O2. The highest BCUT2D eigenvalue weighted by molar-refractivity contribution is 5.77. The summed E-state index contributed by atoms with van der Waals surface area (Å²) in [5.41, 5.74) is 0. The predicted molar refractivity (Wildman–Crippen MR) is 47.9 cm³/mol. The minimum absolute atomic E-state index is 0.00212. The van der Waals surface area contributed by atoms with Crippen LogP contribution in [-0.2, 0) is 4.79 Å². The van der Waals surface area contributed by atoms with Gasteiger partial charge in [0.2, 0.25) is 5.91 Å². The molecule has 0 saturated carbocycles. The van der Waals surface area contributed by atoms with Gasteiger partial charge in [-0.25, -0.2) is 0 Å². The molecule has 1 unspecified atom stereocenters. The van der Waals surface area contributed by atoms with Gasteiger partial charge in [-0.1, -0.05) is 0 Å². The summed E-state index contributed by atoms with van der Waals surface area (Å²) in [5.74, 6) is 0.00212. The molecule has 1 atom stereocenters. The van der Waals surface area contributed by atoms with Gasteiger partial charge in [-0.05, 0) is 20.3 Å². The quantitative estimate of drug-likeness (QED) is 0.508. The number of carbonyl (C=O) groups excluding carboxylic acids is 1. The molecule has 1 amide bonds. The molecule has 4 heteroatoms. The Morgan fingerprint density at radius 3 is 2.75 bits per heavy atom. The Morgan fingerprint density at radius 1 is 1.58 bits per heavy atom. The van der Waals surface area contributed by atoms with Gasteiger partial charge in [0, 0.05) is 19.2 Å². The van der Waals surface area contributed by atoms with E-state index < -0.39 is 0 Å². The zero-order chi connectivity index (χ0) is 9.40. The fourth-order valence-corrected chi connectivity index (χ4v) is 0.822. The zero-order valence-corrected chi connectivity index (χ0v) is 7.76. The first-order chi connectivity index (χ1) is 5.70. The highest BCUT2D eigenvalue weighted by Crippen LogP contribution is 1.86. The van der Waals surface area contributed by atoms with E-state index in [2.05, 4.69) is 10.6 Å². The average Bonchev–Trinajstić information content (AvgIpc) is 2.02. The SMILES string of the molecule is CCNC(=O)CNC(C)CCO. The van der Waals surface area contributed by atoms with Crippen LogP contribution >= 0.6 is 0 Å². The number of amides is 1. The minimum atomic E-state index is 0.00212. The molecule has 4 nitrogen and oxygen atoms in total. The van der Waals surface area contributed by atoms with Crippen LogP contribution in [0.4, 0.5) is 0 Å². The first kappa shape index (κ1) is 11.4. The first-order valence-electron chi connectivity index (χ1n) is 4.31. The number of hydrogen-bond donors (Lipinski definition) is 3. The summed E-state index contributed by atoms with van der Waals surface area (Å²) in [6.07, 6.45) is 0.680. The van der Waals surface area contributed by atoms with Crippen molar-refractivity contribution in [1.29, 1.82) is 0 Å². The van der Waals surface area contributed by atoms with E-state index in [4.69, 9.17) is 5.11 Å². The summed E-state index contributed by atoms with van der Waals surface area (Å²) in [6.45, 7) is 4.97. The molecule has 0 bridgehead atoms. The topological polar surface area (TPSA) is 61.4 Å². The Bertz CT molecular complexity index is 128. The molecule has 12 heavy (non-hydrogen) atoms. The summed E-state index contributed by atoms with van der Waals surface area (Å²) in [6, 6.07) is 0.192. The Hall–Kier alpha value is -0.610. The molecule has 0 aromatic heterocycles. The van der Waals surface area contributed by atoms with Crippen molar-refractivity contribution in [2.75, 3.05) is 19.7 Å². The summed E-state index contributed by atoms with van der Waals surface area (Å²) >= 11 is 0. The number of likely N-dealkylation sites (N-methyl/N-ethyl adjacent to an activating group) is 1. The van der Waals surface area contributed by atoms with Gasteiger partial charge in [-0.3, -0.25) is 4.79 Å². The van der Waals surface area contributed by atoms with E-state index in [1.54, 1.807) is 0 Å². The van der Waals surface area contributed by atoms with Crippen LogP contribution in [-0.4, -0.2) is 36.8 Å². The molecule has 0 fully saturated rings. The second kappa shape index (κ2) is 7.06. The summed E-state index contributed by atoms with van der Waals surface area (Å²) in [7, 11) is 0. The lowest BCUT2D eigenvalue weighted by Crippen LogP contribution is -2.38. The van der Waals surface area contributed by atoms with Crippen molar-refractivity contribution in [2.24, 2.45) is 0 Å². The maximum absolute atomic E-state index is 10.9. The lowest BCUT2D eigenvalue weighted by atomic mass is 10.2. The first-order valence-corrected chi connectivity index (χ1v) is 4.31. The Labute approximate surface area is 73.3 Å². The standard InChI is InChI=1S/C8H18N2O2/c1-3-9-8(12)6-10-7(2)4-5-11/h7,10-11H,3-6H2,1-2H3,(H,9,12). The number of aliphatic hydroxyl groups is 1. The van der Waals surface area contributed by atoms with Crippen molar-refractivity contribution in [3.63, 3.8) is 0 Å². The molecule has 0 rings (SSSR count). The number of aliphatic hydroxyl groups excluding tert-OH is 1. The van der Waals surface area contributed by atoms with E-state index in [0.717, 1.165) is 0 Å². The third-order valence-corrected chi connectivity index (χ3v) is 1.55. The van der Waals surface area contributed by atoms with Crippen molar-refractivity contribution in [3.8, 4) is 0 Å². The second-order valence-corrected chi connectivity index (χ2v) is 2.75. The third kappa shape index (κ3) is 6.12. The molecule has 0 heterocycles. The van der Waals surface area contributed by atoms with Gasteiger partial charge in [0.05, 0.1) is 6.54 Å². The summed E-state index contributed by atoms with van der Waals surface area (Å²) in [4.78, 5) is 10.9. The minimum Gasteiger partial charge on any atom is -0.396 e. The highest BCUT2D eigenvalue weighted by Gasteiger charge is 2.02. The largest absolute Gasteiger partial charge is 0.396 e. The molecule has 0 aromatic carbocycles. The molecular weight excluding hydrogens is 156 g/mol. The van der Waals surface area contributed by atoms with Crippen LogP contribution < -0.4 is 10.6 Å². The van der Waals surface area contributed by atoms with E-state index in [1.807, 2.05) is 13.8 Å². The van der Waals surface area contributed by atoms with Gasteiger partial charge in [0.15, 0.2) is 0 Å². The van der Waals surface area contributed by atoms with Gasteiger partial charge in [-0.2, -0.15) is 0 Å². The van der Waals surface area contributed by atoms with E-state index in [1.165, 1.54) is 0 Å². The molecule has 0 saturated heterocycles. The average molecular weight is 174 g/mol. The predicted octanol–water partition coefficient (Wildman–Crippen LogP) is -0.517. The van der Waals surface area contributed by atoms with Gasteiger partial charge in [-0.15, -0.1) is 0 Å². The zero-order valence-electron chi connectivity index (χ0n) is 7.76. The van der Waals surface area contributed by atoms with Gasteiger partial charge in [0.25, 0.3) is 0 Å².